The summed E-state index contributed by atoms with van der Waals surface area (Å²) in [5, 5.41) is 0. The summed E-state index contributed by atoms with van der Waals surface area (Å²) in [5.41, 5.74) is 6.42. The first kappa shape index (κ1) is 13.4. The second-order valence-electron chi connectivity index (χ2n) is 6.09. The van der Waals surface area contributed by atoms with E-state index in [0.717, 1.165) is 24.9 Å². The van der Waals surface area contributed by atoms with Crippen LogP contribution in [0.1, 0.15) is 64.7 Å². The SMILES string of the molecule is CCC1CCCC(C(N)CC2CCCCO2)C1. The summed E-state index contributed by atoms with van der Waals surface area (Å²) >= 11 is 0. The third-order valence-corrected chi connectivity index (χ3v) is 4.82. The van der Waals surface area contributed by atoms with Crippen LogP contribution in [-0.2, 0) is 4.74 Å². The van der Waals surface area contributed by atoms with Crippen LogP contribution in [0.25, 0.3) is 0 Å². The smallest absolute Gasteiger partial charge is 0.0590 e. The summed E-state index contributed by atoms with van der Waals surface area (Å²) in [6.07, 6.45) is 12.2. The maximum Gasteiger partial charge on any atom is 0.0590 e. The summed E-state index contributed by atoms with van der Waals surface area (Å²) in [6, 6.07) is 0.382. The lowest BCUT2D eigenvalue weighted by atomic mass is 9.75. The van der Waals surface area contributed by atoms with E-state index >= 15 is 0 Å². The summed E-state index contributed by atoms with van der Waals surface area (Å²) in [7, 11) is 0. The van der Waals surface area contributed by atoms with Crippen LogP contribution in [0.15, 0.2) is 0 Å². The van der Waals surface area contributed by atoms with Crippen molar-refractivity contribution in [1.82, 2.24) is 0 Å². The highest BCUT2D eigenvalue weighted by atomic mass is 16.5. The monoisotopic (exact) mass is 239 g/mol. The zero-order chi connectivity index (χ0) is 12.1. The molecule has 2 heteroatoms. The molecule has 0 spiro atoms. The molecule has 0 aromatic rings. The molecule has 2 nitrogen and oxygen atoms in total. The molecule has 2 fully saturated rings. The largest absolute Gasteiger partial charge is 0.378 e. The number of nitrogens with two attached hydrogens (primary N) is 1. The van der Waals surface area contributed by atoms with Gasteiger partial charge in [-0.3, -0.25) is 0 Å². The summed E-state index contributed by atoms with van der Waals surface area (Å²) in [6.45, 7) is 3.28. The molecule has 0 aromatic heterocycles. The first-order chi connectivity index (χ1) is 8.29. The van der Waals surface area contributed by atoms with Gasteiger partial charge in [-0.2, -0.15) is 0 Å². The van der Waals surface area contributed by atoms with E-state index in [0.29, 0.717) is 12.1 Å². The molecule has 2 N–H and O–H groups in total. The lowest BCUT2D eigenvalue weighted by Crippen LogP contribution is -2.38. The molecule has 1 aliphatic carbocycles. The molecule has 2 rings (SSSR count). The molecule has 17 heavy (non-hydrogen) atoms. The lowest BCUT2D eigenvalue weighted by molar-refractivity contribution is 0.00188. The molecule has 1 saturated carbocycles. The van der Waals surface area contributed by atoms with Crippen LogP contribution in [0.4, 0.5) is 0 Å². The van der Waals surface area contributed by atoms with Gasteiger partial charge >= 0.3 is 0 Å². The van der Waals surface area contributed by atoms with E-state index in [1.807, 2.05) is 0 Å². The van der Waals surface area contributed by atoms with Gasteiger partial charge in [0, 0.05) is 12.6 Å². The van der Waals surface area contributed by atoms with Crippen LogP contribution in [0.5, 0.6) is 0 Å². The molecule has 0 radical (unpaired) electrons. The minimum atomic E-state index is 0.382. The molecule has 4 atom stereocenters. The van der Waals surface area contributed by atoms with E-state index in [4.69, 9.17) is 10.5 Å². The summed E-state index contributed by atoms with van der Waals surface area (Å²) in [5.74, 6) is 1.70. The van der Waals surface area contributed by atoms with Gasteiger partial charge in [0.25, 0.3) is 0 Å². The minimum Gasteiger partial charge on any atom is -0.378 e. The Labute approximate surface area is 106 Å². The molecule has 100 valence electrons. The number of hydrogen-bond acceptors (Lipinski definition) is 2. The van der Waals surface area contributed by atoms with Gasteiger partial charge in [-0.25, -0.2) is 0 Å². The molecule has 2 aliphatic rings. The van der Waals surface area contributed by atoms with Crippen molar-refractivity contribution in [1.29, 1.82) is 0 Å². The van der Waals surface area contributed by atoms with Crippen LogP contribution in [-0.4, -0.2) is 18.8 Å². The predicted molar refractivity (Wildman–Crippen MR) is 71.9 cm³/mol. The Balaban J connectivity index is 1.75. The predicted octanol–water partition coefficient (Wildman–Crippen LogP) is 3.49. The van der Waals surface area contributed by atoms with Crippen LogP contribution in [0.2, 0.25) is 0 Å². The molecule has 4 unspecified atom stereocenters. The number of ether oxygens (including phenoxy) is 1. The quantitative estimate of drug-likeness (QED) is 0.815. The summed E-state index contributed by atoms with van der Waals surface area (Å²) < 4.78 is 5.81. The fourth-order valence-corrected chi connectivity index (χ4v) is 3.58. The normalized spacial score (nSPS) is 36.7. The van der Waals surface area contributed by atoms with Crippen molar-refractivity contribution < 1.29 is 4.74 Å². The highest BCUT2D eigenvalue weighted by Crippen LogP contribution is 2.34. The zero-order valence-corrected chi connectivity index (χ0v) is 11.4. The molecule has 0 amide bonds. The highest BCUT2D eigenvalue weighted by molar-refractivity contribution is 4.82. The fraction of sp³-hybridized carbons (Fsp3) is 1.00. The summed E-state index contributed by atoms with van der Waals surface area (Å²) in [4.78, 5) is 0. The van der Waals surface area contributed by atoms with Crippen LogP contribution < -0.4 is 5.73 Å². The van der Waals surface area contributed by atoms with Gasteiger partial charge in [0.05, 0.1) is 6.10 Å². The minimum absolute atomic E-state index is 0.382. The van der Waals surface area contributed by atoms with Crippen LogP contribution in [0.3, 0.4) is 0 Å². The Morgan fingerprint density at radius 2 is 2.06 bits per heavy atom. The lowest BCUT2D eigenvalue weighted by Gasteiger charge is -2.34. The van der Waals surface area contributed by atoms with E-state index in [1.54, 1.807) is 0 Å². The maximum absolute atomic E-state index is 6.42. The van der Waals surface area contributed by atoms with Crippen LogP contribution >= 0.6 is 0 Å². The zero-order valence-electron chi connectivity index (χ0n) is 11.4. The van der Waals surface area contributed by atoms with E-state index in [-0.39, 0.29) is 0 Å². The van der Waals surface area contributed by atoms with Gasteiger partial charge in [-0.1, -0.05) is 26.2 Å². The van der Waals surface area contributed by atoms with Crippen molar-refractivity contribution in [2.45, 2.75) is 76.9 Å². The third kappa shape index (κ3) is 3.96. The molecule has 1 saturated heterocycles. The van der Waals surface area contributed by atoms with E-state index in [9.17, 15) is 0 Å². The molecule has 0 bridgehead atoms. The van der Waals surface area contributed by atoms with E-state index < -0.39 is 0 Å². The van der Waals surface area contributed by atoms with Crippen molar-refractivity contribution in [2.24, 2.45) is 17.6 Å². The average Bonchev–Trinajstić information content (AvgIpc) is 2.40. The first-order valence-electron chi connectivity index (χ1n) is 7.66. The number of hydrogen-bond donors (Lipinski definition) is 1. The Kier molecular flexibility index (Phi) is 5.30. The van der Waals surface area contributed by atoms with Crippen molar-refractivity contribution in [2.75, 3.05) is 6.61 Å². The average molecular weight is 239 g/mol. The van der Waals surface area contributed by atoms with Gasteiger partial charge in [-0.15, -0.1) is 0 Å². The van der Waals surface area contributed by atoms with Gasteiger partial charge in [0.15, 0.2) is 0 Å². The Morgan fingerprint density at radius 1 is 1.18 bits per heavy atom. The van der Waals surface area contributed by atoms with Gasteiger partial charge < -0.3 is 10.5 Å². The van der Waals surface area contributed by atoms with Gasteiger partial charge in [0.2, 0.25) is 0 Å². The third-order valence-electron chi connectivity index (χ3n) is 4.82. The van der Waals surface area contributed by atoms with Crippen molar-refractivity contribution >= 4 is 0 Å². The van der Waals surface area contributed by atoms with Crippen LogP contribution in [0, 0.1) is 11.8 Å². The number of rotatable bonds is 4. The fourth-order valence-electron chi connectivity index (χ4n) is 3.58. The Hall–Kier alpha value is -0.0800. The maximum atomic E-state index is 6.42. The van der Waals surface area contributed by atoms with Crippen molar-refractivity contribution in [3.8, 4) is 0 Å². The Bertz CT molecular complexity index is 213. The first-order valence-corrected chi connectivity index (χ1v) is 7.66. The topological polar surface area (TPSA) is 35.2 Å². The van der Waals surface area contributed by atoms with Gasteiger partial charge in [0.1, 0.15) is 0 Å². The van der Waals surface area contributed by atoms with Crippen molar-refractivity contribution in [3.05, 3.63) is 0 Å². The van der Waals surface area contributed by atoms with Crippen molar-refractivity contribution in [3.63, 3.8) is 0 Å². The second-order valence-corrected chi connectivity index (χ2v) is 6.09. The standard InChI is InChI=1S/C15H29NO/c1-2-12-6-5-7-13(10-12)15(16)11-14-8-3-4-9-17-14/h12-15H,2-11,16H2,1H3. The highest BCUT2D eigenvalue weighted by Gasteiger charge is 2.28. The molecule has 1 aliphatic heterocycles. The molecule has 1 heterocycles. The van der Waals surface area contributed by atoms with E-state index in [2.05, 4.69) is 6.92 Å². The van der Waals surface area contributed by atoms with E-state index in [1.165, 1.54) is 51.4 Å². The van der Waals surface area contributed by atoms with Gasteiger partial charge in [-0.05, 0) is 50.4 Å². The molecule has 0 aromatic carbocycles. The Morgan fingerprint density at radius 3 is 2.76 bits per heavy atom. The molecular formula is C15H29NO. The molecular weight excluding hydrogens is 210 g/mol. The second kappa shape index (κ2) is 6.75.